The molecule has 0 aliphatic rings. The van der Waals surface area contributed by atoms with E-state index in [1.807, 2.05) is 6.07 Å². The SMILES string of the molecule is Cc1c(C(=O)OC(C)C)sc(NC(=O)c2ccc([N+](=O)[O-])cc2)c1C#N. The highest BCUT2D eigenvalue weighted by atomic mass is 32.1. The first-order chi connectivity index (χ1) is 12.2. The van der Waals surface area contributed by atoms with E-state index in [0.717, 1.165) is 11.3 Å². The molecule has 1 heterocycles. The minimum Gasteiger partial charge on any atom is -0.459 e. The zero-order valence-corrected chi connectivity index (χ0v) is 15.0. The second-order valence-corrected chi connectivity index (χ2v) is 6.60. The van der Waals surface area contributed by atoms with Crippen molar-refractivity contribution in [3.63, 3.8) is 0 Å². The van der Waals surface area contributed by atoms with Crippen LogP contribution in [0.25, 0.3) is 0 Å². The van der Waals surface area contributed by atoms with Gasteiger partial charge >= 0.3 is 5.97 Å². The Morgan fingerprint density at radius 3 is 2.42 bits per heavy atom. The van der Waals surface area contributed by atoms with Gasteiger partial charge in [0.05, 0.1) is 16.6 Å². The predicted molar refractivity (Wildman–Crippen MR) is 95.4 cm³/mol. The number of thiophene rings is 1. The van der Waals surface area contributed by atoms with Crippen molar-refractivity contribution in [3.05, 3.63) is 55.9 Å². The molecule has 0 atom stereocenters. The third kappa shape index (κ3) is 4.04. The second-order valence-electron chi connectivity index (χ2n) is 5.58. The Kier molecular flexibility index (Phi) is 5.69. The number of hydrogen-bond donors (Lipinski definition) is 1. The van der Waals surface area contributed by atoms with Crippen LogP contribution in [-0.2, 0) is 4.74 Å². The third-order valence-electron chi connectivity index (χ3n) is 3.35. The molecule has 0 radical (unpaired) electrons. The largest absolute Gasteiger partial charge is 0.459 e. The fraction of sp³-hybridized carbons (Fsp3) is 0.235. The van der Waals surface area contributed by atoms with Crippen LogP contribution in [0.1, 0.15) is 45.0 Å². The number of non-ortho nitro benzene ring substituents is 1. The second kappa shape index (κ2) is 7.76. The summed E-state index contributed by atoms with van der Waals surface area (Å²) in [6.45, 7) is 5.03. The van der Waals surface area contributed by atoms with E-state index in [-0.39, 0.29) is 32.8 Å². The van der Waals surface area contributed by atoms with E-state index in [4.69, 9.17) is 4.74 Å². The molecule has 8 nitrogen and oxygen atoms in total. The highest BCUT2D eigenvalue weighted by molar-refractivity contribution is 7.18. The van der Waals surface area contributed by atoms with Crippen LogP contribution in [0.3, 0.4) is 0 Å². The van der Waals surface area contributed by atoms with E-state index in [0.29, 0.717) is 5.56 Å². The number of nitro groups is 1. The summed E-state index contributed by atoms with van der Waals surface area (Å²) in [5.74, 6) is -1.10. The monoisotopic (exact) mass is 373 g/mol. The van der Waals surface area contributed by atoms with Crippen molar-refractivity contribution in [2.24, 2.45) is 0 Å². The first kappa shape index (κ1) is 19.1. The minimum absolute atomic E-state index is 0.134. The number of nitrogens with zero attached hydrogens (tertiary/aromatic N) is 2. The van der Waals surface area contributed by atoms with Gasteiger partial charge in [-0.15, -0.1) is 11.3 Å². The Hall–Kier alpha value is -3.25. The van der Waals surface area contributed by atoms with Crippen molar-refractivity contribution in [3.8, 4) is 6.07 Å². The minimum atomic E-state index is -0.565. The number of anilines is 1. The lowest BCUT2D eigenvalue weighted by Gasteiger charge is -2.06. The number of amides is 1. The van der Waals surface area contributed by atoms with Gasteiger partial charge in [0.25, 0.3) is 11.6 Å². The van der Waals surface area contributed by atoms with Crippen LogP contribution in [-0.4, -0.2) is 22.9 Å². The van der Waals surface area contributed by atoms with Crippen molar-refractivity contribution in [2.75, 3.05) is 5.32 Å². The Labute approximate surface area is 153 Å². The Balaban J connectivity index is 2.28. The number of rotatable bonds is 5. The molecule has 26 heavy (non-hydrogen) atoms. The standard InChI is InChI=1S/C17H15N3O5S/c1-9(2)25-17(22)14-10(3)13(8-18)16(26-14)19-15(21)11-4-6-12(7-5-11)20(23)24/h4-7,9H,1-3H3,(H,19,21). The molecule has 1 aromatic heterocycles. The number of carbonyl (C=O) groups excluding carboxylic acids is 2. The fourth-order valence-electron chi connectivity index (χ4n) is 2.11. The Bertz CT molecular complexity index is 910. The maximum atomic E-state index is 12.3. The number of nitriles is 1. The van der Waals surface area contributed by atoms with Crippen LogP contribution < -0.4 is 5.32 Å². The van der Waals surface area contributed by atoms with Crippen molar-refractivity contribution >= 4 is 33.9 Å². The highest BCUT2D eigenvalue weighted by Gasteiger charge is 2.23. The molecule has 9 heteroatoms. The number of benzene rings is 1. The van der Waals surface area contributed by atoms with Crippen LogP contribution in [0, 0.1) is 28.4 Å². The van der Waals surface area contributed by atoms with E-state index in [2.05, 4.69) is 5.32 Å². The Morgan fingerprint density at radius 1 is 1.31 bits per heavy atom. The molecule has 0 saturated carbocycles. The van der Waals surface area contributed by atoms with E-state index in [9.17, 15) is 25.0 Å². The van der Waals surface area contributed by atoms with E-state index in [1.54, 1.807) is 20.8 Å². The summed E-state index contributed by atoms with van der Waals surface area (Å²) in [7, 11) is 0. The molecule has 0 aliphatic heterocycles. The van der Waals surface area contributed by atoms with Gasteiger partial charge in [0.1, 0.15) is 15.9 Å². The summed E-state index contributed by atoms with van der Waals surface area (Å²) in [5.41, 5.74) is 0.671. The molecule has 2 rings (SSSR count). The molecule has 0 fully saturated rings. The van der Waals surface area contributed by atoms with Crippen molar-refractivity contribution in [1.82, 2.24) is 0 Å². The number of nitrogens with one attached hydrogen (secondary N) is 1. The summed E-state index contributed by atoms with van der Waals surface area (Å²) in [5, 5.41) is 22.8. The molecule has 1 amide bonds. The van der Waals surface area contributed by atoms with E-state index < -0.39 is 16.8 Å². The third-order valence-corrected chi connectivity index (χ3v) is 4.54. The smallest absolute Gasteiger partial charge is 0.348 e. The molecule has 134 valence electrons. The molecule has 1 aromatic carbocycles. The number of hydrogen-bond acceptors (Lipinski definition) is 7. The van der Waals surface area contributed by atoms with Crippen LogP contribution in [0.2, 0.25) is 0 Å². The molecule has 1 N–H and O–H groups in total. The molecule has 0 bridgehead atoms. The van der Waals surface area contributed by atoms with Gasteiger partial charge in [0.2, 0.25) is 0 Å². The first-order valence-corrected chi connectivity index (χ1v) is 8.36. The van der Waals surface area contributed by atoms with Crippen LogP contribution >= 0.6 is 11.3 Å². The van der Waals surface area contributed by atoms with Crippen LogP contribution in [0.5, 0.6) is 0 Å². The van der Waals surface area contributed by atoms with Gasteiger partial charge in [0.15, 0.2) is 0 Å². The normalized spacial score (nSPS) is 10.3. The average molecular weight is 373 g/mol. The molecule has 0 saturated heterocycles. The molecular weight excluding hydrogens is 358 g/mol. The maximum Gasteiger partial charge on any atom is 0.348 e. The molecular formula is C17H15N3O5S. The van der Waals surface area contributed by atoms with Gasteiger partial charge in [-0.1, -0.05) is 0 Å². The average Bonchev–Trinajstić information content (AvgIpc) is 2.89. The summed E-state index contributed by atoms with van der Waals surface area (Å²) in [4.78, 5) is 34.8. The lowest BCUT2D eigenvalue weighted by atomic mass is 10.1. The highest BCUT2D eigenvalue weighted by Crippen LogP contribution is 2.33. The van der Waals surface area contributed by atoms with Crippen molar-refractivity contribution in [2.45, 2.75) is 26.9 Å². The van der Waals surface area contributed by atoms with E-state index in [1.165, 1.54) is 24.3 Å². The maximum absolute atomic E-state index is 12.3. The summed E-state index contributed by atoms with van der Waals surface area (Å²) >= 11 is 0.955. The molecule has 2 aromatic rings. The van der Waals surface area contributed by atoms with Gasteiger partial charge < -0.3 is 10.1 Å². The van der Waals surface area contributed by atoms with Crippen molar-refractivity contribution < 1.29 is 19.2 Å². The van der Waals surface area contributed by atoms with Crippen molar-refractivity contribution in [1.29, 1.82) is 5.26 Å². The van der Waals surface area contributed by atoms with E-state index >= 15 is 0 Å². The lowest BCUT2D eigenvalue weighted by Crippen LogP contribution is -2.11. The fourth-order valence-corrected chi connectivity index (χ4v) is 3.14. The van der Waals surface area contributed by atoms with Crippen LogP contribution in [0.15, 0.2) is 24.3 Å². The summed E-state index contributed by atoms with van der Waals surface area (Å²) < 4.78 is 5.14. The molecule has 0 aliphatic carbocycles. The summed E-state index contributed by atoms with van der Waals surface area (Å²) in [6, 6.07) is 7.03. The number of nitro benzene ring substituents is 1. The van der Waals surface area contributed by atoms with Crippen LogP contribution in [0.4, 0.5) is 10.7 Å². The van der Waals surface area contributed by atoms with Gasteiger partial charge in [-0.3, -0.25) is 14.9 Å². The number of ether oxygens (including phenoxy) is 1. The lowest BCUT2D eigenvalue weighted by molar-refractivity contribution is -0.384. The first-order valence-electron chi connectivity index (χ1n) is 7.54. The number of esters is 1. The Morgan fingerprint density at radius 2 is 1.92 bits per heavy atom. The zero-order valence-electron chi connectivity index (χ0n) is 14.2. The quantitative estimate of drug-likeness (QED) is 0.485. The number of carbonyl (C=O) groups is 2. The molecule has 0 unspecified atom stereocenters. The van der Waals surface area contributed by atoms with Gasteiger partial charge in [-0.25, -0.2) is 4.79 Å². The predicted octanol–water partition coefficient (Wildman–Crippen LogP) is 3.65. The topological polar surface area (TPSA) is 122 Å². The van der Waals surface area contributed by atoms with Gasteiger partial charge in [-0.05, 0) is 38.5 Å². The van der Waals surface area contributed by atoms with Gasteiger partial charge in [0, 0.05) is 17.7 Å². The zero-order chi connectivity index (χ0) is 19.4. The summed E-state index contributed by atoms with van der Waals surface area (Å²) in [6.07, 6.45) is -0.312. The van der Waals surface area contributed by atoms with Gasteiger partial charge in [-0.2, -0.15) is 5.26 Å². The molecule has 0 spiro atoms.